The summed E-state index contributed by atoms with van der Waals surface area (Å²) in [5.41, 5.74) is -0.454. The number of aliphatic hydroxyl groups excluding tert-OH is 2. The summed E-state index contributed by atoms with van der Waals surface area (Å²) in [5, 5.41) is 33.0. The minimum Gasteiger partial charge on any atom is -0.393 e. The number of allylic oxidation sites excluding steroid dienone is 1. The summed E-state index contributed by atoms with van der Waals surface area (Å²) in [6.07, 6.45) is 6.49. The van der Waals surface area contributed by atoms with Gasteiger partial charge in [0.2, 0.25) is 0 Å². The van der Waals surface area contributed by atoms with Crippen LogP contribution in [0.25, 0.3) is 0 Å². The Hall–Kier alpha value is -0.710. The lowest BCUT2D eigenvalue weighted by atomic mass is 9.45. The molecule has 0 heterocycles. The topological polar surface area (TPSA) is 77.8 Å². The standard InChI is InChI=1S/C21H32O4/c1-12(22)15-7-9-21(25)16-5-4-13-10-14(23)6-8-19(13,2)17(16)11-18(24)20(15,21)3/h4,14-18,23-25H,5-11H2,1-3H3/t14-,15+,16+,17-,18+,19-,20-,21-/m0/s1. The molecular formula is C21H32O4. The van der Waals surface area contributed by atoms with Crippen molar-refractivity contribution in [1.82, 2.24) is 0 Å². The first-order valence-corrected chi connectivity index (χ1v) is 9.93. The van der Waals surface area contributed by atoms with Gasteiger partial charge in [0.1, 0.15) is 5.78 Å². The van der Waals surface area contributed by atoms with Crippen molar-refractivity contribution in [2.45, 2.75) is 83.5 Å². The summed E-state index contributed by atoms with van der Waals surface area (Å²) in [6, 6.07) is 0. The van der Waals surface area contributed by atoms with Gasteiger partial charge in [0.05, 0.1) is 17.8 Å². The number of hydrogen-bond acceptors (Lipinski definition) is 4. The number of carbonyl (C=O) groups excluding carboxylic acids is 1. The van der Waals surface area contributed by atoms with Gasteiger partial charge in [-0.15, -0.1) is 0 Å². The first-order valence-electron chi connectivity index (χ1n) is 9.93. The van der Waals surface area contributed by atoms with Crippen molar-refractivity contribution in [3.63, 3.8) is 0 Å². The molecule has 4 aliphatic rings. The SMILES string of the molecule is CC(=O)[C@H]1CC[C@]2(O)[C@@H]3CC=C4C[C@@H](O)CC[C@]4(C)[C@H]3C[C@@H](O)[C@]12C. The maximum absolute atomic E-state index is 12.2. The summed E-state index contributed by atoms with van der Waals surface area (Å²) in [6.45, 7) is 5.81. The number of aliphatic hydroxyl groups is 3. The average molecular weight is 348 g/mol. The van der Waals surface area contributed by atoms with Crippen LogP contribution in [0, 0.1) is 28.6 Å². The highest BCUT2D eigenvalue weighted by molar-refractivity contribution is 5.80. The average Bonchev–Trinajstić information content (AvgIpc) is 2.83. The van der Waals surface area contributed by atoms with Crippen molar-refractivity contribution in [1.29, 1.82) is 0 Å². The van der Waals surface area contributed by atoms with Gasteiger partial charge in [-0.1, -0.05) is 25.5 Å². The molecule has 0 aliphatic heterocycles. The van der Waals surface area contributed by atoms with E-state index in [1.54, 1.807) is 6.92 Å². The monoisotopic (exact) mass is 348 g/mol. The number of ketones is 1. The molecule has 0 aromatic rings. The smallest absolute Gasteiger partial charge is 0.133 e. The molecule has 140 valence electrons. The second kappa shape index (κ2) is 5.40. The van der Waals surface area contributed by atoms with Crippen molar-refractivity contribution in [3.05, 3.63) is 11.6 Å². The summed E-state index contributed by atoms with van der Waals surface area (Å²) >= 11 is 0. The van der Waals surface area contributed by atoms with Crippen LogP contribution in [-0.2, 0) is 4.79 Å². The first kappa shape index (κ1) is 17.7. The van der Waals surface area contributed by atoms with Crippen LogP contribution < -0.4 is 0 Å². The van der Waals surface area contributed by atoms with Crippen LogP contribution in [0.15, 0.2) is 11.6 Å². The van der Waals surface area contributed by atoms with E-state index >= 15 is 0 Å². The van der Waals surface area contributed by atoms with E-state index in [2.05, 4.69) is 13.0 Å². The summed E-state index contributed by atoms with van der Waals surface area (Å²) < 4.78 is 0. The summed E-state index contributed by atoms with van der Waals surface area (Å²) in [4.78, 5) is 12.2. The van der Waals surface area contributed by atoms with E-state index < -0.39 is 17.1 Å². The highest BCUT2D eigenvalue weighted by Crippen LogP contribution is 2.67. The Morgan fingerprint density at radius 3 is 2.56 bits per heavy atom. The third kappa shape index (κ3) is 2.08. The zero-order valence-electron chi connectivity index (χ0n) is 15.7. The molecule has 0 aromatic carbocycles. The van der Waals surface area contributed by atoms with Crippen molar-refractivity contribution in [2.24, 2.45) is 28.6 Å². The number of fused-ring (bicyclic) bond motifs is 5. The lowest BCUT2D eigenvalue weighted by Crippen LogP contribution is -2.66. The van der Waals surface area contributed by atoms with E-state index in [4.69, 9.17) is 0 Å². The van der Waals surface area contributed by atoms with Gasteiger partial charge in [-0.25, -0.2) is 0 Å². The van der Waals surface area contributed by atoms with Crippen LogP contribution >= 0.6 is 0 Å². The number of rotatable bonds is 1. The molecule has 0 spiro atoms. The van der Waals surface area contributed by atoms with Gasteiger partial charge >= 0.3 is 0 Å². The highest BCUT2D eigenvalue weighted by atomic mass is 16.3. The number of Topliss-reactive ketones (excluding diaryl/α,β-unsaturated/α-hetero) is 1. The minimum atomic E-state index is -0.979. The van der Waals surface area contributed by atoms with Gasteiger partial charge in [-0.3, -0.25) is 4.79 Å². The van der Waals surface area contributed by atoms with Crippen LogP contribution in [0.5, 0.6) is 0 Å². The zero-order valence-corrected chi connectivity index (χ0v) is 15.7. The maximum Gasteiger partial charge on any atom is 0.133 e. The summed E-state index contributed by atoms with van der Waals surface area (Å²) in [5.74, 6) is 0.155. The van der Waals surface area contributed by atoms with Gasteiger partial charge in [0, 0.05) is 11.3 Å². The molecule has 25 heavy (non-hydrogen) atoms. The lowest BCUT2D eigenvalue weighted by Gasteiger charge is -2.62. The predicted molar refractivity (Wildman–Crippen MR) is 94.7 cm³/mol. The van der Waals surface area contributed by atoms with Gasteiger partial charge in [-0.05, 0) is 69.1 Å². The van der Waals surface area contributed by atoms with E-state index in [0.29, 0.717) is 19.3 Å². The Bertz CT molecular complexity index is 627. The summed E-state index contributed by atoms with van der Waals surface area (Å²) in [7, 11) is 0. The molecule has 0 amide bonds. The fourth-order valence-corrected chi connectivity index (χ4v) is 7.24. The molecule has 3 N–H and O–H groups in total. The van der Waals surface area contributed by atoms with Gasteiger partial charge in [0.15, 0.2) is 0 Å². The van der Waals surface area contributed by atoms with E-state index in [1.807, 2.05) is 6.92 Å². The fraction of sp³-hybridized carbons (Fsp3) is 0.857. The molecule has 3 saturated carbocycles. The Balaban J connectivity index is 1.77. The Kier molecular flexibility index (Phi) is 3.82. The Morgan fingerprint density at radius 2 is 1.88 bits per heavy atom. The van der Waals surface area contributed by atoms with E-state index in [0.717, 1.165) is 25.7 Å². The Morgan fingerprint density at radius 1 is 1.16 bits per heavy atom. The quantitative estimate of drug-likeness (QED) is 0.637. The van der Waals surface area contributed by atoms with Gasteiger partial charge in [-0.2, -0.15) is 0 Å². The third-order valence-corrected chi connectivity index (χ3v) is 8.85. The molecule has 0 saturated heterocycles. The predicted octanol–water partition coefficient (Wildman–Crippen LogP) is 2.60. The van der Waals surface area contributed by atoms with Crippen molar-refractivity contribution in [3.8, 4) is 0 Å². The Labute approximate surface area is 150 Å². The third-order valence-electron chi connectivity index (χ3n) is 8.85. The van der Waals surface area contributed by atoms with Gasteiger partial charge in [0.25, 0.3) is 0 Å². The molecule has 0 bridgehead atoms. The van der Waals surface area contributed by atoms with E-state index in [-0.39, 0.29) is 35.1 Å². The van der Waals surface area contributed by atoms with Gasteiger partial charge < -0.3 is 15.3 Å². The lowest BCUT2D eigenvalue weighted by molar-refractivity contribution is -0.224. The van der Waals surface area contributed by atoms with Crippen LogP contribution in [0.4, 0.5) is 0 Å². The fourth-order valence-electron chi connectivity index (χ4n) is 7.24. The first-order chi connectivity index (χ1) is 11.6. The van der Waals surface area contributed by atoms with Crippen LogP contribution in [0.1, 0.15) is 65.7 Å². The second-order valence-electron chi connectivity index (χ2n) is 9.65. The number of carbonyl (C=O) groups is 1. The largest absolute Gasteiger partial charge is 0.393 e. The molecule has 0 radical (unpaired) electrons. The molecular weight excluding hydrogens is 316 g/mol. The molecule has 0 unspecified atom stereocenters. The molecule has 4 rings (SSSR count). The van der Waals surface area contributed by atoms with Crippen molar-refractivity contribution in [2.75, 3.05) is 0 Å². The molecule has 3 fully saturated rings. The van der Waals surface area contributed by atoms with Crippen LogP contribution in [0.2, 0.25) is 0 Å². The van der Waals surface area contributed by atoms with Crippen LogP contribution in [0.3, 0.4) is 0 Å². The highest BCUT2D eigenvalue weighted by Gasteiger charge is 2.70. The van der Waals surface area contributed by atoms with Crippen LogP contribution in [-0.4, -0.2) is 38.9 Å². The van der Waals surface area contributed by atoms with E-state index in [1.165, 1.54) is 5.57 Å². The minimum absolute atomic E-state index is 0.0471. The molecule has 8 atom stereocenters. The molecule has 4 nitrogen and oxygen atoms in total. The normalized spacial score (nSPS) is 55.0. The maximum atomic E-state index is 12.2. The number of hydrogen-bond donors (Lipinski definition) is 3. The van der Waals surface area contributed by atoms with E-state index in [9.17, 15) is 20.1 Å². The van der Waals surface area contributed by atoms with Crippen molar-refractivity contribution < 1.29 is 20.1 Å². The molecule has 4 heteroatoms. The molecule has 0 aromatic heterocycles. The van der Waals surface area contributed by atoms with Crippen molar-refractivity contribution >= 4 is 5.78 Å². The molecule has 4 aliphatic carbocycles. The second-order valence-corrected chi connectivity index (χ2v) is 9.65. The zero-order chi connectivity index (χ0) is 18.2.